The molecule has 0 bridgehead atoms. The van der Waals surface area contributed by atoms with Crippen LogP contribution in [-0.2, 0) is 24.3 Å². The van der Waals surface area contributed by atoms with E-state index in [9.17, 15) is 9.59 Å². The zero-order chi connectivity index (χ0) is 19.0. The lowest BCUT2D eigenvalue weighted by Crippen LogP contribution is -2.33. The molecule has 27 heavy (non-hydrogen) atoms. The highest BCUT2D eigenvalue weighted by Gasteiger charge is 2.13. The molecular weight excluding hydrogens is 428 g/mol. The summed E-state index contributed by atoms with van der Waals surface area (Å²) in [7, 11) is 0. The van der Waals surface area contributed by atoms with Gasteiger partial charge in [-0.05, 0) is 36.2 Å². The molecule has 0 atom stereocenters. The molecule has 3 aromatic heterocycles. The average molecular weight is 445 g/mol. The second kappa shape index (κ2) is 7.28. The van der Waals surface area contributed by atoms with Gasteiger partial charge in [0.05, 0.1) is 10.2 Å². The first-order chi connectivity index (χ1) is 13.0. The van der Waals surface area contributed by atoms with E-state index in [1.807, 2.05) is 30.3 Å². The van der Waals surface area contributed by atoms with E-state index in [2.05, 4.69) is 39.3 Å². The van der Waals surface area contributed by atoms with Gasteiger partial charge in [-0.15, -0.1) is 11.3 Å². The molecule has 1 N–H and O–H groups in total. The van der Waals surface area contributed by atoms with Crippen LogP contribution >= 0.6 is 27.3 Å². The molecule has 0 saturated heterocycles. The molecule has 0 spiro atoms. The standard InChI is InChI=1S/C19H17BrN4O2S/c1-2-14-7-15-17(27-14)8-16-19(26)24(22-11-23(15)16)10-18(25)21-9-12-4-3-5-13(20)6-12/h3-8,11H,2,9-10H2,1H3,(H,21,25). The fourth-order valence-corrected chi connectivity index (χ4v) is 4.45. The van der Waals surface area contributed by atoms with Gasteiger partial charge in [0.2, 0.25) is 5.91 Å². The fraction of sp³-hybridized carbons (Fsp3) is 0.211. The van der Waals surface area contributed by atoms with E-state index >= 15 is 0 Å². The zero-order valence-corrected chi connectivity index (χ0v) is 17.0. The summed E-state index contributed by atoms with van der Waals surface area (Å²) >= 11 is 5.08. The van der Waals surface area contributed by atoms with Crippen LogP contribution < -0.4 is 10.9 Å². The van der Waals surface area contributed by atoms with Crippen LogP contribution in [0.5, 0.6) is 0 Å². The van der Waals surface area contributed by atoms with Crippen molar-refractivity contribution in [3.63, 3.8) is 0 Å². The molecular formula is C19H17BrN4O2S. The lowest BCUT2D eigenvalue weighted by molar-refractivity contribution is -0.122. The minimum Gasteiger partial charge on any atom is -0.350 e. The van der Waals surface area contributed by atoms with Crippen LogP contribution in [0.4, 0.5) is 0 Å². The molecule has 0 unspecified atom stereocenters. The first kappa shape index (κ1) is 17.9. The van der Waals surface area contributed by atoms with Crippen LogP contribution in [0.2, 0.25) is 0 Å². The van der Waals surface area contributed by atoms with Crippen molar-refractivity contribution in [3.05, 3.63) is 68.0 Å². The summed E-state index contributed by atoms with van der Waals surface area (Å²) in [5.41, 5.74) is 2.24. The minimum atomic E-state index is -0.267. The largest absolute Gasteiger partial charge is 0.350 e. The maximum Gasteiger partial charge on any atom is 0.291 e. The Kier molecular flexibility index (Phi) is 4.84. The normalized spacial score (nSPS) is 11.3. The van der Waals surface area contributed by atoms with Crippen LogP contribution in [0, 0.1) is 0 Å². The van der Waals surface area contributed by atoms with Gasteiger partial charge in [0.25, 0.3) is 5.56 Å². The van der Waals surface area contributed by atoms with Gasteiger partial charge in [0, 0.05) is 15.9 Å². The van der Waals surface area contributed by atoms with Crippen LogP contribution in [0.15, 0.2) is 52.0 Å². The number of benzene rings is 1. The number of nitrogens with zero attached hydrogens (tertiary/aromatic N) is 3. The number of fused-ring (bicyclic) bond motifs is 3. The minimum absolute atomic E-state index is 0.109. The summed E-state index contributed by atoms with van der Waals surface area (Å²) in [6, 6.07) is 11.7. The first-order valence-corrected chi connectivity index (χ1v) is 10.2. The molecule has 6 nitrogen and oxygen atoms in total. The van der Waals surface area contributed by atoms with Gasteiger partial charge in [-0.2, -0.15) is 5.10 Å². The lowest BCUT2D eigenvalue weighted by Gasteiger charge is -2.07. The van der Waals surface area contributed by atoms with E-state index in [1.165, 1.54) is 9.56 Å². The lowest BCUT2D eigenvalue weighted by atomic mass is 10.2. The number of thiophene rings is 1. The summed E-state index contributed by atoms with van der Waals surface area (Å²) < 4.78 is 5.01. The second-order valence-electron chi connectivity index (χ2n) is 6.22. The molecule has 8 heteroatoms. The first-order valence-electron chi connectivity index (χ1n) is 8.56. The van der Waals surface area contributed by atoms with Gasteiger partial charge in [0.15, 0.2) is 0 Å². The van der Waals surface area contributed by atoms with E-state index in [-0.39, 0.29) is 18.0 Å². The number of aryl methyl sites for hydroxylation is 1. The van der Waals surface area contributed by atoms with E-state index in [1.54, 1.807) is 22.1 Å². The Morgan fingerprint density at radius 3 is 2.89 bits per heavy atom. The number of rotatable bonds is 5. The summed E-state index contributed by atoms with van der Waals surface area (Å²) in [5.74, 6) is -0.254. The Bertz CT molecular complexity index is 1210. The van der Waals surface area contributed by atoms with Gasteiger partial charge in [-0.1, -0.05) is 35.0 Å². The predicted octanol–water partition coefficient (Wildman–Crippen LogP) is 3.35. The molecule has 4 rings (SSSR count). The third-order valence-corrected chi connectivity index (χ3v) is 6.07. The van der Waals surface area contributed by atoms with Gasteiger partial charge in [-0.25, -0.2) is 4.68 Å². The van der Waals surface area contributed by atoms with Crippen LogP contribution in [0.3, 0.4) is 0 Å². The number of hydrogen-bond donors (Lipinski definition) is 1. The van der Waals surface area contributed by atoms with Gasteiger partial charge in [-0.3, -0.25) is 14.0 Å². The molecule has 1 aromatic carbocycles. The van der Waals surface area contributed by atoms with Crippen molar-refractivity contribution in [2.75, 3.05) is 0 Å². The summed E-state index contributed by atoms with van der Waals surface area (Å²) in [5, 5.41) is 7.00. The molecule has 0 aliphatic rings. The highest BCUT2D eigenvalue weighted by atomic mass is 79.9. The molecule has 0 fully saturated rings. The number of hydrogen-bond acceptors (Lipinski definition) is 4. The number of halogens is 1. The SMILES string of the molecule is CCc1cc2c(cc3c(=O)n(CC(=O)NCc4cccc(Br)c4)ncn32)s1. The maximum atomic E-state index is 12.7. The van der Waals surface area contributed by atoms with E-state index < -0.39 is 0 Å². The number of aromatic nitrogens is 3. The molecule has 1 amide bonds. The number of carbonyl (C=O) groups excluding carboxylic acids is 1. The molecule has 0 aliphatic carbocycles. The van der Waals surface area contributed by atoms with Gasteiger partial charge >= 0.3 is 0 Å². The van der Waals surface area contributed by atoms with Crippen molar-refractivity contribution in [2.45, 2.75) is 26.4 Å². The fourth-order valence-electron chi connectivity index (χ4n) is 2.98. The molecule has 3 heterocycles. The Hall–Kier alpha value is -2.45. The third-order valence-electron chi connectivity index (χ3n) is 4.36. The van der Waals surface area contributed by atoms with Crippen molar-refractivity contribution >= 4 is 48.9 Å². The number of carbonyl (C=O) groups is 1. The highest BCUT2D eigenvalue weighted by Crippen LogP contribution is 2.28. The average Bonchev–Trinajstić information content (AvgIpc) is 3.20. The van der Waals surface area contributed by atoms with Crippen LogP contribution in [-0.4, -0.2) is 20.1 Å². The molecule has 0 aliphatic heterocycles. The monoisotopic (exact) mass is 444 g/mol. The maximum absolute atomic E-state index is 12.7. The van der Waals surface area contributed by atoms with E-state index in [4.69, 9.17) is 0 Å². The van der Waals surface area contributed by atoms with Crippen LogP contribution in [0.25, 0.3) is 15.7 Å². The molecule has 138 valence electrons. The van der Waals surface area contributed by atoms with Crippen molar-refractivity contribution in [2.24, 2.45) is 0 Å². The van der Waals surface area contributed by atoms with Crippen molar-refractivity contribution in [3.8, 4) is 0 Å². The smallest absolute Gasteiger partial charge is 0.291 e. The molecule has 0 saturated carbocycles. The summed E-state index contributed by atoms with van der Waals surface area (Å²) in [6.45, 7) is 2.40. The topological polar surface area (TPSA) is 68.4 Å². The quantitative estimate of drug-likeness (QED) is 0.513. The predicted molar refractivity (Wildman–Crippen MR) is 110 cm³/mol. The third kappa shape index (κ3) is 3.54. The zero-order valence-electron chi connectivity index (χ0n) is 14.6. The van der Waals surface area contributed by atoms with Crippen LogP contribution in [0.1, 0.15) is 17.4 Å². The van der Waals surface area contributed by atoms with E-state index in [0.717, 1.165) is 26.7 Å². The summed E-state index contributed by atoms with van der Waals surface area (Å²) in [6.07, 6.45) is 2.57. The Morgan fingerprint density at radius 2 is 2.11 bits per heavy atom. The molecule has 4 aromatic rings. The Labute approximate surface area is 167 Å². The van der Waals surface area contributed by atoms with Crippen molar-refractivity contribution in [1.29, 1.82) is 0 Å². The Balaban J connectivity index is 1.54. The van der Waals surface area contributed by atoms with Crippen molar-refractivity contribution < 1.29 is 4.79 Å². The second-order valence-corrected chi connectivity index (χ2v) is 8.30. The van der Waals surface area contributed by atoms with Gasteiger partial charge < -0.3 is 5.32 Å². The van der Waals surface area contributed by atoms with E-state index in [0.29, 0.717) is 12.1 Å². The highest BCUT2D eigenvalue weighted by molar-refractivity contribution is 9.10. The summed E-state index contributed by atoms with van der Waals surface area (Å²) in [4.78, 5) is 26.2. The van der Waals surface area contributed by atoms with Gasteiger partial charge in [0.1, 0.15) is 18.4 Å². The molecule has 0 radical (unpaired) electrons. The van der Waals surface area contributed by atoms with Crippen molar-refractivity contribution in [1.82, 2.24) is 19.5 Å². The number of amides is 1. The Morgan fingerprint density at radius 1 is 1.26 bits per heavy atom. The number of nitrogens with one attached hydrogen (secondary N) is 1.